The van der Waals surface area contributed by atoms with Gasteiger partial charge in [0.25, 0.3) is 0 Å². The Morgan fingerprint density at radius 2 is 1.50 bits per heavy atom. The van der Waals surface area contributed by atoms with Crippen LogP contribution in [0.2, 0.25) is 0 Å². The van der Waals surface area contributed by atoms with Crippen molar-refractivity contribution in [1.82, 2.24) is 0 Å². The first-order valence-corrected chi connectivity index (χ1v) is 7.21. The molecule has 2 rings (SSSR count). The molecular weight excluding hydrogens is 367 g/mol. The molecule has 0 saturated heterocycles. The van der Waals surface area contributed by atoms with E-state index in [0.29, 0.717) is 12.0 Å². The van der Waals surface area contributed by atoms with Crippen LogP contribution in [0.5, 0.6) is 0 Å². The van der Waals surface area contributed by atoms with Crippen LogP contribution in [-0.4, -0.2) is 9.76 Å². The Hall–Kier alpha value is -1.69. The van der Waals surface area contributed by atoms with Crippen LogP contribution < -0.4 is 0 Å². The highest BCUT2D eigenvalue weighted by molar-refractivity contribution is 14.1. The number of ether oxygens (including phenoxy) is 1. The van der Waals surface area contributed by atoms with Crippen molar-refractivity contribution in [2.24, 2.45) is 0 Å². The number of carbonyl (C=O) groups excluding carboxylic acids is 2. The minimum atomic E-state index is -0.336. The van der Waals surface area contributed by atoms with Gasteiger partial charge in [0, 0.05) is 6.42 Å². The summed E-state index contributed by atoms with van der Waals surface area (Å²) in [6, 6.07) is 16.4. The van der Waals surface area contributed by atoms with Crippen LogP contribution in [0.4, 0.5) is 0 Å². The van der Waals surface area contributed by atoms with Crippen molar-refractivity contribution in [1.29, 1.82) is 0 Å². The first-order valence-electron chi connectivity index (χ1n) is 6.13. The van der Waals surface area contributed by atoms with E-state index < -0.39 is 0 Å². The maximum absolute atomic E-state index is 11.8. The number of rotatable bonds is 5. The van der Waals surface area contributed by atoms with Gasteiger partial charge in [-0.15, -0.1) is 0 Å². The topological polar surface area (TPSA) is 43.4 Å². The summed E-state index contributed by atoms with van der Waals surface area (Å²) < 4.78 is 5.33. The molecule has 0 amide bonds. The normalized spacial score (nSPS) is 10.1. The summed E-state index contributed by atoms with van der Waals surface area (Å²) in [5.74, 6) is -0.336. The zero-order chi connectivity index (χ0) is 14.4. The van der Waals surface area contributed by atoms with Crippen molar-refractivity contribution >= 4 is 32.4 Å². The molecule has 3 nitrogen and oxygen atoms in total. The molecule has 0 heterocycles. The summed E-state index contributed by atoms with van der Waals surface area (Å²) in [5.41, 5.74) is 2.40. The van der Waals surface area contributed by atoms with Gasteiger partial charge in [0.2, 0.25) is 0 Å². The lowest BCUT2D eigenvalue weighted by Gasteiger charge is -2.05. The first-order chi connectivity index (χ1) is 9.65. The van der Waals surface area contributed by atoms with Crippen LogP contribution in [0, 0.1) is 0 Å². The second kappa shape index (κ2) is 7.19. The molecule has 0 aromatic heterocycles. The Balaban J connectivity index is 1.91. The number of carbonyl (C=O) groups is 2. The lowest BCUT2D eigenvalue weighted by atomic mass is 10.1. The molecule has 0 radical (unpaired) electrons. The molecule has 0 N–H and O–H groups in total. The third-order valence-electron chi connectivity index (χ3n) is 2.75. The number of esters is 1. The Bertz CT molecular complexity index is 591. The van der Waals surface area contributed by atoms with Crippen molar-refractivity contribution in [2.45, 2.75) is 13.0 Å². The second-order valence-electron chi connectivity index (χ2n) is 4.29. The predicted octanol–water partition coefficient (Wildman–Crippen LogP) is 3.55. The third-order valence-corrected chi connectivity index (χ3v) is 3.13. The van der Waals surface area contributed by atoms with Gasteiger partial charge in [-0.1, -0.05) is 42.5 Å². The molecular formula is C16H13IO3. The Morgan fingerprint density at radius 3 is 2.10 bits per heavy atom. The number of hydrogen-bond donors (Lipinski definition) is 0. The van der Waals surface area contributed by atoms with E-state index in [-0.39, 0.29) is 16.4 Å². The van der Waals surface area contributed by atoms with Crippen LogP contribution in [-0.2, 0) is 22.6 Å². The van der Waals surface area contributed by atoms with Gasteiger partial charge in [0.1, 0.15) is 6.61 Å². The summed E-state index contributed by atoms with van der Waals surface area (Å²) >= 11 is 1.78. The molecule has 0 aliphatic carbocycles. The fourth-order valence-corrected chi connectivity index (χ4v) is 2.16. The molecule has 0 saturated carbocycles. The van der Waals surface area contributed by atoms with Crippen molar-refractivity contribution in [3.8, 4) is 0 Å². The highest BCUT2D eigenvalue weighted by Gasteiger charge is 2.06. The van der Waals surface area contributed by atoms with Crippen LogP contribution in [0.3, 0.4) is 0 Å². The summed E-state index contributed by atoms with van der Waals surface area (Å²) in [4.78, 5) is 22.7. The smallest absolute Gasteiger partial charge is 0.338 e. The van der Waals surface area contributed by atoms with E-state index in [1.54, 1.807) is 46.9 Å². The molecule has 0 spiro atoms. The maximum atomic E-state index is 11.8. The van der Waals surface area contributed by atoms with E-state index >= 15 is 0 Å². The molecule has 2 aromatic rings. The van der Waals surface area contributed by atoms with Gasteiger partial charge in [-0.3, -0.25) is 4.79 Å². The van der Waals surface area contributed by atoms with E-state index in [0.717, 1.165) is 11.1 Å². The fourth-order valence-electron chi connectivity index (χ4n) is 1.72. The zero-order valence-electron chi connectivity index (χ0n) is 10.7. The molecule has 0 bridgehead atoms. The standard InChI is InChI=1S/C16H13IO3/c17-15(18)10-12-6-8-13(9-7-12)11-20-16(19)14-4-2-1-3-5-14/h1-9H,10-11H2. The quantitative estimate of drug-likeness (QED) is 0.453. The van der Waals surface area contributed by atoms with Gasteiger partial charge in [0.05, 0.1) is 5.56 Å². The average molecular weight is 380 g/mol. The molecule has 0 atom stereocenters. The van der Waals surface area contributed by atoms with E-state index in [1.807, 2.05) is 30.3 Å². The predicted molar refractivity (Wildman–Crippen MR) is 84.7 cm³/mol. The lowest BCUT2D eigenvalue weighted by Crippen LogP contribution is -2.05. The van der Waals surface area contributed by atoms with E-state index in [9.17, 15) is 9.59 Å². The largest absolute Gasteiger partial charge is 0.457 e. The van der Waals surface area contributed by atoms with Gasteiger partial charge in [-0.2, -0.15) is 0 Å². The van der Waals surface area contributed by atoms with Gasteiger partial charge in [-0.05, 0) is 45.9 Å². The second-order valence-corrected chi connectivity index (χ2v) is 5.49. The number of halogens is 1. The molecule has 102 valence electrons. The summed E-state index contributed by atoms with van der Waals surface area (Å²) in [6.45, 7) is 0.228. The molecule has 4 heteroatoms. The Morgan fingerprint density at radius 1 is 0.900 bits per heavy atom. The SMILES string of the molecule is O=C(I)Cc1ccc(COC(=O)c2ccccc2)cc1. The highest BCUT2D eigenvalue weighted by Crippen LogP contribution is 2.10. The molecule has 0 fully saturated rings. The van der Waals surface area contributed by atoms with Crippen LogP contribution in [0.1, 0.15) is 21.5 Å². The molecule has 2 aromatic carbocycles. The van der Waals surface area contributed by atoms with Crippen molar-refractivity contribution in [2.75, 3.05) is 0 Å². The number of hydrogen-bond acceptors (Lipinski definition) is 3. The molecule has 20 heavy (non-hydrogen) atoms. The maximum Gasteiger partial charge on any atom is 0.338 e. The van der Waals surface area contributed by atoms with Gasteiger partial charge < -0.3 is 4.74 Å². The van der Waals surface area contributed by atoms with Crippen LogP contribution in [0.15, 0.2) is 54.6 Å². The van der Waals surface area contributed by atoms with Crippen molar-refractivity contribution < 1.29 is 14.3 Å². The van der Waals surface area contributed by atoms with Crippen molar-refractivity contribution in [3.63, 3.8) is 0 Å². The first kappa shape index (κ1) is 14.7. The summed E-state index contributed by atoms with van der Waals surface area (Å²) in [5, 5.41) is 0. The summed E-state index contributed by atoms with van der Waals surface area (Å²) in [7, 11) is 0. The Kier molecular flexibility index (Phi) is 5.29. The minimum Gasteiger partial charge on any atom is -0.457 e. The van der Waals surface area contributed by atoms with Gasteiger partial charge in [-0.25, -0.2) is 4.79 Å². The Labute approximate surface area is 131 Å². The van der Waals surface area contributed by atoms with Crippen LogP contribution >= 0.6 is 22.6 Å². The molecule has 0 aliphatic rings. The zero-order valence-corrected chi connectivity index (χ0v) is 12.9. The van der Waals surface area contributed by atoms with E-state index in [2.05, 4.69) is 0 Å². The molecule has 0 aliphatic heterocycles. The highest BCUT2D eigenvalue weighted by atomic mass is 127. The average Bonchev–Trinajstić information content (AvgIpc) is 2.46. The monoisotopic (exact) mass is 380 g/mol. The fraction of sp³-hybridized carbons (Fsp3) is 0.125. The lowest BCUT2D eigenvalue weighted by molar-refractivity contribution is -0.108. The minimum absolute atomic E-state index is 0.103. The van der Waals surface area contributed by atoms with E-state index in [1.165, 1.54) is 0 Å². The number of benzene rings is 2. The molecule has 0 unspecified atom stereocenters. The van der Waals surface area contributed by atoms with Crippen molar-refractivity contribution in [3.05, 3.63) is 71.3 Å². The van der Waals surface area contributed by atoms with E-state index in [4.69, 9.17) is 4.74 Å². The third kappa shape index (κ3) is 4.45. The van der Waals surface area contributed by atoms with Gasteiger partial charge in [0.15, 0.2) is 3.79 Å². The van der Waals surface area contributed by atoms with Crippen LogP contribution in [0.25, 0.3) is 0 Å². The summed E-state index contributed by atoms with van der Waals surface area (Å²) in [6.07, 6.45) is 0.421. The van der Waals surface area contributed by atoms with Gasteiger partial charge >= 0.3 is 5.97 Å².